The Morgan fingerprint density at radius 3 is 2.95 bits per heavy atom. The molecule has 2 aromatic rings. The van der Waals surface area contributed by atoms with Crippen LogP contribution in [0.3, 0.4) is 0 Å². The maximum atomic E-state index is 4.92. The smallest absolute Gasteiger partial charge is 0.223 e. The first-order chi connectivity index (χ1) is 9.31. The van der Waals surface area contributed by atoms with Crippen molar-refractivity contribution in [1.82, 2.24) is 25.2 Å². The van der Waals surface area contributed by atoms with Gasteiger partial charge in [0.2, 0.25) is 5.89 Å². The summed E-state index contributed by atoms with van der Waals surface area (Å²) in [5.74, 6) is 1.29. The van der Waals surface area contributed by atoms with Gasteiger partial charge in [-0.15, -0.1) is 0 Å². The second-order valence-corrected chi connectivity index (χ2v) is 5.06. The molecule has 0 bridgehead atoms. The van der Waals surface area contributed by atoms with Gasteiger partial charge in [0.15, 0.2) is 5.82 Å². The van der Waals surface area contributed by atoms with E-state index in [4.69, 9.17) is 4.52 Å². The molecule has 0 aromatic carbocycles. The summed E-state index contributed by atoms with van der Waals surface area (Å²) in [6.45, 7) is 3.13. The first-order valence-electron chi connectivity index (χ1n) is 6.85. The number of nitrogens with zero attached hydrogens (tertiary/aromatic N) is 4. The van der Waals surface area contributed by atoms with Gasteiger partial charge in [-0.05, 0) is 18.9 Å². The molecule has 0 unspecified atom stereocenters. The third-order valence-electron chi connectivity index (χ3n) is 3.52. The highest BCUT2D eigenvalue weighted by molar-refractivity contribution is 5.00. The molecule has 1 aliphatic rings. The third kappa shape index (κ3) is 3.01. The van der Waals surface area contributed by atoms with Crippen LogP contribution < -0.4 is 5.32 Å². The minimum absolute atomic E-state index is 0.599. The lowest BCUT2D eigenvalue weighted by atomic mass is 10.3. The first kappa shape index (κ1) is 12.3. The second-order valence-electron chi connectivity index (χ2n) is 5.06. The van der Waals surface area contributed by atoms with Crippen molar-refractivity contribution in [2.45, 2.75) is 51.7 Å². The Bertz CT molecular complexity index is 527. The van der Waals surface area contributed by atoms with E-state index >= 15 is 0 Å². The van der Waals surface area contributed by atoms with Crippen molar-refractivity contribution in [3.05, 3.63) is 29.7 Å². The fraction of sp³-hybridized carbons (Fsp3) is 0.615. The van der Waals surface area contributed by atoms with E-state index in [1.54, 1.807) is 6.92 Å². The third-order valence-corrected chi connectivity index (χ3v) is 3.52. The van der Waals surface area contributed by atoms with Crippen LogP contribution in [0.1, 0.15) is 49.1 Å². The van der Waals surface area contributed by atoms with Crippen molar-refractivity contribution >= 4 is 0 Å². The van der Waals surface area contributed by atoms with Gasteiger partial charge in [0.25, 0.3) is 0 Å². The monoisotopic (exact) mass is 261 g/mol. The summed E-state index contributed by atoms with van der Waals surface area (Å²) in [6, 6.07) is 2.68. The fourth-order valence-corrected chi connectivity index (χ4v) is 2.56. The molecule has 6 nitrogen and oxygen atoms in total. The zero-order valence-electron chi connectivity index (χ0n) is 11.2. The maximum Gasteiger partial charge on any atom is 0.223 e. The molecule has 1 N–H and O–H groups in total. The zero-order valence-corrected chi connectivity index (χ0v) is 11.2. The normalized spacial score (nSPS) is 16.3. The van der Waals surface area contributed by atoms with Crippen molar-refractivity contribution in [3.8, 4) is 0 Å². The van der Waals surface area contributed by atoms with Crippen LogP contribution >= 0.6 is 0 Å². The highest BCUT2D eigenvalue weighted by atomic mass is 16.5. The summed E-state index contributed by atoms with van der Waals surface area (Å²) in [5, 5.41) is 11.7. The van der Waals surface area contributed by atoms with E-state index in [1.165, 1.54) is 25.7 Å². The minimum Gasteiger partial charge on any atom is -0.340 e. The van der Waals surface area contributed by atoms with Gasteiger partial charge in [-0.25, -0.2) is 0 Å². The second kappa shape index (κ2) is 5.52. The number of aryl methyl sites for hydroxylation is 1. The largest absolute Gasteiger partial charge is 0.340 e. The molecule has 6 heteroatoms. The average Bonchev–Trinajstić information content (AvgIpc) is 3.09. The maximum absolute atomic E-state index is 4.92. The number of hydrogen-bond donors (Lipinski definition) is 1. The molecule has 0 atom stereocenters. The van der Waals surface area contributed by atoms with Crippen molar-refractivity contribution < 1.29 is 4.52 Å². The van der Waals surface area contributed by atoms with Gasteiger partial charge in [-0.1, -0.05) is 18.0 Å². The van der Waals surface area contributed by atoms with E-state index in [9.17, 15) is 0 Å². The lowest BCUT2D eigenvalue weighted by Crippen LogP contribution is -2.15. The van der Waals surface area contributed by atoms with Gasteiger partial charge in [0.1, 0.15) is 0 Å². The van der Waals surface area contributed by atoms with Gasteiger partial charge in [0, 0.05) is 19.7 Å². The van der Waals surface area contributed by atoms with Gasteiger partial charge in [-0.2, -0.15) is 10.1 Å². The summed E-state index contributed by atoms with van der Waals surface area (Å²) in [6.07, 6.45) is 7.27. The molecule has 0 aliphatic heterocycles. The highest BCUT2D eigenvalue weighted by Crippen LogP contribution is 2.28. The molecule has 0 radical (unpaired) electrons. The van der Waals surface area contributed by atoms with E-state index in [2.05, 4.69) is 37.5 Å². The van der Waals surface area contributed by atoms with E-state index in [-0.39, 0.29) is 0 Å². The molecule has 3 rings (SSSR count). The van der Waals surface area contributed by atoms with Crippen molar-refractivity contribution in [2.24, 2.45) is 0 Å². The van der Waals surface area contributed by atoms with E-state index in [1.807, 2.05) is 0 Å². The Labute approximate surface area is 112 Å². The topological polar surface area (TPSA) is 68.8 Å². The van der Waals surface area contributed by atoms with Crippen LogP contribution in [0.2, 0.25) is 0 Å². The standard InChI is InChI=1S/C13H19N5O/c1-10-15-13(17-19-10)9-14-8-11-6-7-18(16-11)12-4-2-3-5-12/h6-7,12,14H,2-5,8-9H2,1H3. The van der Waals surface area contributed by atoms with E-state index in [0.717, 1.165) is 12.2 Å². The van der Waals surface area contributed by atoms with Crippen molar-refractivity contribution in [2.75, 3.05) is 0 Å². The fourth-order valence-electron chi connectivity index (χ4n) is 2.56. The quantitative estimate of drug-likeness (QED) is 0.891. The molecule has 19 heavy (non-hydrogen) atoms. The average molecular weight is 261 g/mol. The Hall–Kier alpha value is -1.69. The molecule has 102 valence electrons. The lowest BCUT2D eigenvalue weighted by Gasteiger charge is -2.08. The van der Waals surface area contributed by atoms with E-state index < -0.39 is 0 Å². The number of rotatable bonds is 5. The van der Waals surface area contributed by atoms with Crippen LogP contribution in [-0.4, -0.2) is 19.9 Å². The van der Waals surface area contributed by atoms with E-state index in [0.29, 0.717) is 24.3 Å². The Kier molecular flexibility index (Phi) is 3.59. The Morgan fingerprint density at radius 1 is 1.37 bits per heavy atom. The number of aromatic nitrogens is 4. The number of hydrogen-bond acceptors (Lipinski definition) is 5. The van der Waals surface area contributed by atoms with Gasteiger partial charge >= 0.3 is 0 Å². The predicted molar refractivity (Wildman–Crippen MR) is 69.3 cm³/mol. The SMILES string of the molecule is Cc1nc(CNCc2ccn(C3CCCC3)n2)no1. The molecular weight excluding hydrogens is 242 g/mol. The Morgan fingerprint density at radius 2 is 2.21 bits per heavy atom. The molecule has 1 fully saturated rings. The summed E-state index contributed by atoms with van der Waals surface area (Å²) in [4.78, 5) is 4.14. The Balaban J connectivity index is 1.50. The molecule has 1 saturated carbocycles. The van der Waals surface area contributed by atoms with Crippen LogP contribution in [0.4, 0.5) is 0 Å². The van der Waals surface area contributed by atoms with Crippen molar-refractivity contribution in [1.29, 1.82) is 0 Å². The van der Waals surface area contributed by atoms with Gasteiger partial charge in [0.05, 0.1) is 18.3 Å². The molecule has 0 amide bonds. The van der Waals surface area contributed by atoms with Crippen molar-refractivity contribution in [3.63, 3.8) is 0 Å². The zero-order chi connectivity index (χ0) is 13.1. The van der Waals surface area contributed by atoms with Crippen LogP contribution in [0.5, 0.6) is 0 Å². The van der Waals surface area contributed by atoms with Crippen LogP contribution in [0.25, 0.3) is 0 Å². The molecule has 1 aliphatic carbocycles. The summed E-state index contributed by atoms with van der Waals surface area (Å²) in [7, 11) is 0. The first-order valence-corrected chi connectivity index (χ1v) is 6.85. The van der Waals surface area contributed by atoms with Gasteiger partial charge in [-0.3, -0.25) is 4.68 Å². The minimum atomic E-state index is 0.599. The summed E-state index contributed by atoms with van der Waals surface area (Å²) in [5.41, 5.74) is 1.06. The van der Waals surface area contributed by atoms with Crippen LogP contribution in [0, 0.1) is 6.92 Å². The molecule has 0 spiro atoms. The molecule has 0 saturated heterocycles. The highest BCUT2D eigenvalue weighted by Gasteiger charge is 2.17. The number of nitrogens with one attached hydrogen (secondary N) is 1. The molecular formula is C13H19N5O. The predicted octanol–water partition coefficient (Wildman–Crippen LogP) is 1.98. The summed E-state index contributed by atoms with van der Waals surface area (Å²) < 4.78 is 7.03. The van der Waals surface area contributed by atoms with Crippen LogP contribution in [-0.2, 0) is 13.1 Å². The molecule has 2 aromatic heterocycles. The molecule has 2 heterocycles. The van der Waals surface area contributed by atoms with Crippen LogP contribution in [0.15, 0.2) is 16.8 Å². The van der Waals surface area contributed by atoms with Gasteiger partial charge < -0.3 is 9.84 Å². The lowest BCUT2D eigenvalue weighted by molar-refractivity contribution is 0.385. The summed E-state index contributed by atoms with van der Waals surface area (Å²) >= 11 is 0.